The molecule has 0 fully saturated rings. The van der Waals surface area contributed by atoms with Gasteiger partial charge in [0.1, 0.15) is 5.69 Å². The molecule has 0 radical (unpaired) electrons. The molecule has 0 aliphatic carbocycles. The van der Waals surface area contributed by atoms with Crippen molar-refractivity contribution in [2.75, 3.05) is 12.3 Å². The molecule has 0 bridgehead atoms. The van der Waals surface area contributed by atoms with E-state index in [1.165, 1.54) is 4.68 Å². The van der Waals surface area contributed by atoms with Gasteiger partial charge in [0, 0.05) is 19.7 Å². The summed E-state index contributed by atoms with van der Waals surface area (Å²) in [6.07, 6.45) is 0. The maximum Gasteiger partial charge on any atom is 0.271 e. The molecule has 6 nitrogen and oxygen atoms in total. The van der Waals surface area contributed by atoms with Gasteiger partial charge >= 0.3 is 0 Å². The summed E-state index contributed by atoms with van der Waals surface area (Å²) in [5.74, 6) is -0.270. The quantitative estimate of drug-likeness (QED) is 0.693. The Morgan fingerprint density at radius 2 is 2.18 bits per heavy atom. The Labute approximate surface area is 101 Å². The highest BCUT2D eigenvalue weighted by Crippen LogP contribution is 2.15. The van der Waals surface area contributed by atoms with Crippen molar-refractivity contribution in [2.24, 2.45) is 13.0 Å². The van der Waals surface area contributed by atoms with E-state index < -0.39 is 0 Å². The lowest BCUT2D eigenvalue weighted by molar-refractivity contribution is 0.0907. The van der Waals surface area contributed by atoms with Crippen LogP contribution in [-0.4, -0.2) is 33.4 Å². The SMILES string of the molecule is Cc1nn(C)c(C(=O)NC(C)C(C)CO)c1N. The van der Waals surface area contributed by atoms with Crippen LogP contribution >= 0.6 is 0 Å². The molecule has 6 heteroatoms. The summed E-state index contributed by atoms with van der Waals surface area (Å²) in [7, 11) is 1.68. The summed E-state index contributed by atoms with van der Waals surface area (Å²) < 4.78 is 1.47. The van der Waals surface area contributed by atoms with Crippen molar-refractivity contribution in [3.63, 3.8) is 0 Å². The highest BCUT2D eigenvalue weighted by molar-refractivity contribution is 5.98. The number of hydrogen-bond donors (Lipinski definition) is 3. The number of anilines is 1. The van der Waals surface area contributed by atoms with E-state index in [9.17, 15) is 4.79 Å². The van der Waals surface area contributed by atoms with Gasteiger partial charge < -0.3 is 16.2 Å². The minimum Gasteiger partial charge on any atom is -0.396 e. The zero-order chi connectivity index (χ0) is 13.2. The standard InChI is InChI=1S/C11H20N4O2/c1-6(5-16)7(2)13-11(17)10-9(12)8(3)14-15(10)4/h6-7,16H,5,12H2,1-4H3,(H,13,17). The summed E-state index contributed by atoms with van der Waals surface area (Å²) in [4.78, 5) is 12.0. The van der Waals surface area contributed by atoms with Gasteiger partial charge in [-0.2, -0.15) is 5.10 Å². The van der Waals surface area contributed by atoms with E-state index in [1.54, 1.807) is 14.0 Å². The summed E-state index contributed by atoms with van der Waals surface area (Å²) in [5, 5.41) is 15.9. The molecule has 0 spiro atoms. The van der Waals surface area contributed by atoms with Crippen molar-refractivity contribution < 1.29 is 9.90 Å². The Kier molecular flexibility index (Phi) is 4.11. The molecule has 17 heavy (non-hydrogen) atoms. The number of carbonyl (C=O) groups excluding carboxylic acids is 1. The molecule has 1 heterocycles. The van der Waals surface area contributed by atoms with Crippen LogP contribution in [0.4, 0.5) is 5.69 Å². The number of aryl methyl sites for hydroxylation is 2. The molecule has 4 N–H and O–H groups in total. The minimum absolute atomic E-state index is 0.00509. The van der Waals surface area contributed by atoms with E-state index in [0.717, 1.165) is 0 Å². The van der Waals surface area contributed by atoms with Crippen molar-refractivity contribution in [1.82, 2.24) is 15.1 Å². The van der Waals surface area contributed by atoms with Crippen molar-refractivity contribution in [3.05, 3.63) is 11.4 Å². The Hall–Kier alpha value is -1.56. The Balaban J connectivity index is 2.83. The van der Waals surface area contributed by atoms with Crippen LogP contribution in [0.5, 0.6) is 0 Å². The first-order valence-corrected chi connectivity index (χ1v) is 5.59. The van der Waals surface area contributed by atoms with Gasteiger partial charge in [-0.05, 0) is 19.8 Å². The monoisotopic (exact) mass is 240 g/mol. The van der Waals surface area contributed by atoms with Crippen molar-refractivity contribution in [1.29, 1.82) is 0 Å². The normalized spacial score (nSPS) is 14.4. The average Bonchev–Trinajstić information content (AvgIpc) is 2.51. The van der Waals surface area contributed by atoms with E-state index in [1.807, 2.05) is 13.8 Å². The number of nitrogens with zero attached hydrogens (tertiary/aromatic N) is 2. The first kappa shape index (κ1) is 13.5. The van der Waals surface area contributed by atoms with E-state index in [0.29, 0.717) is 17.1 Å². The summed E-state index contributed by atoms with van der Waals surface area (Å²) in [6.45, 7) is 5.49. The lowest BCUT2D eigenvalue weighted by atomic mass is 10.1. The number of hydrogen-bond acceptors (Lipinski definition) is 4. The van der Waals surface area contributed by atoms with Gasteiger partial charge in [0.25, 0.3) is 5.91 Å². The van der Waals surface area contributed by atoms with Crippen LogP contribution in [-0.2, 0) is 7.05 Å². The first-order chi connectivity index (χ1) is 7.88. The molecule has 0 aliphatic heterocycles. The summed E-state index contributed by atoms with van der Waals surface area (Å²) in [5.41, 5.74) is 7.19. The third kappa shape index (κ3) is 2.76. The molecular weight excluding hydrogens is 220 g/mol. The van der Waals surface area contributed by atoms with E-state index in [-0.39, 0.29) is 24.5 Å². The second-order valence-electron chi connectivity index (χ2n) is 4.39. The predicted molar refractivity (Wildman–Crippen MR) is 65.5 cm³/mol. The maximum absolute atomic E-state index is 12.0. The largest absolute Gasteiger partial charge is 0.396 e. The highest BCUT2D eigenvalue weighted by Gasteiger charge is 2.21. The molecule has 0 saturated heterocycles. The van der Waals surface area contributed by atoms with E-state index in [2.05, 4.69) is 10.4 Å². The number of rotatable bonds is 4. The number of nitrogens with two attached hydrogens (primary N) is 1. The van der Waals surface area contributed by atoms with Gasteiger partial charge in [0.2, 0.25) is 0 Å². The highest BCUT2D eigenvalue weighted by atomic mass is 16.3. The molecule has 1 amide bonds. The number of nitrogen functional groups attached to an aromatic ring is 1. The number of amides is 1. The number of aliphatic hydroxyl groups is 1. The Morgan fingerprint density at radius 3 is 2.59 bits per heavy atom. The minimum atomic E-state index is -0.265. The molecule has 1 rings (SSSR count). The van der Waals surface area contributed by atoms with Crippen molar-refractivity contribution in [3.8, 4) is 0 Å². The van der Waals surface area contributed by atoms with Gasteiger partial charge in [-0.25, -0.2) is 0 Å². The van der Waals surface area contributed by atoms with E-state index in [4.69, 9.17) is 10.8 Å². The number of nitrogens with one attached hydrogen (secondary N) is 1. The third-order valence-corrected chi connectivity index (χ3v) is 2.98. The molecule has 1 aromatic rings. The van der Waals surface area contributed by atoms with Crippen LogP contribution in [0, 0.1) is 12.8 Å². The predicted octanol–water partition coefficient (Wildman–Crippen LogP) is 0.0574. The summed E-state index contributed by atoms with van der Waals surface area (Å²) in [6, 6.07) is -0.123. The van der Waals surface area contributed by atoms with Gasteiger partial charge in [0.05, 0.1) is 11.4 Å². The second-order valence-corrected chi connectivity index (χ2v) is 4.39. The van der Waals surface area contributed by atoms with Crippen LogP contribution in [0.15, 0.2) is 0 Å². The molecule has 0 aliphatic rings. The summed E-state index contributed by atoms with van der Waals surface area (Å²) >= 11 is 0. The third-order valence-electron chi connectivity index (χ3n) is 2.98. The fraction of sp³-hybridized carbons (Fsp3) is 0.636. The van der Waals surface area contributed by atoms with Crippen LogP contribution in [0.1, 0.15) is 30.0 Å². The van der Waals surface area contributed by atoms with Gasteiger partial charge in [-0.3, -0.25) is 9.48 Å². The molecule has 96 valence electrons. The fourth-order valence-corrected chi connectivity index (χ4v) is 1.52. The second kappa shape index (κ2) is 5.18. The van der Waals surface area contributed by atoms with Gasteiger partial charge in [-0.1, -0.05) is 6.92 Å². The topological polar surface area (TPSA) is 93.2 Å². The average molecular weight is 240 g/mol. The van der Waals surface area contributed by atoms with Crippen LogP contribution in [0.25, 0.3) is 0 Å². The van der Waals surface area contributed by atoms with Crippen molar-refractivity contribution >= 4 is 11.6 Å². The molecule has 2 unspecified atom stereocenters. The molecule has 0 aromatic carbocycles. The van der Waals surface area contributed by atoms with Crippen LogP contribution < -0.4 is 11.1 Å². The molecular formula is C11H20N4O2. The zero-order valence-corrected chi connectivity index (χ0v) is 10.7. The fourth-order valence-electron chi connectivity index (χ4n) is 1.52. The Morgan fingerprint density at radius 1 is 1.59 bits per heavy atom. The van der Waals surface area contributed by atoms with Crippen molar-refractivity contribution in [2.45, 2.75) is 26.8 Å². The number of carbonyl (C=O) groups is 1. The Bertz CT molecular complexity index is 414. The maximum atomic E-state index is 12.0. The smallest absolute Gasteiger partial charge is 0.271 e. The van der Waals surface area contributed by atoms with E-state index >= 15 is 0 Å². The molecule has 2 atom stereocenters. The zero-order valence-electron chi connectivity index (χ0n) is 10.7. The number of aliphatic hydroxyl groups excluding tert-OH is 1. The number of aromatic nitrogens is 2. The molecule has 0 saturated carbocycles. The lowest BCUT2D eigenvalue weighted by Crippen LogP contribution is -2.39. The van der Waals surface area contributed by atoms with Crippen LogP contribution in [0.2, 0.25) is 0 Å². The van der Waals surface area contributed by atoms with Gasteiger partial charge in [0.15, 0.2) is 0 Å². The van der Waals surface area contributed by atoms with Crippen LogP contribution in [0.3, 0.4) is 0 Å². The first-order valence-electron chi connectivity index (χ1n) is 5.59. The molecule has 1 aromatic heterocycles. The lowest BCUT2D eigenvalue weighted by Gasteiger charge is -2.19. The van der Waals surface area contributed by atoms with Gasteiger partial charge in [-0.15, -0.1) is 0 Å².